The van der Waals surface area contributed by atoms with E-state index < -0.39 is 0 Å². The maximum atomic E-state index is 5.83. The van der Waals surface area contributed by atoms with Crippen molar-refractivity contribution in [3.05, 3.63) is 11.5 Å². The van der Waals surface area contributed by atoms with Gasteiger partial charge in [-0.25, -0.2) is 0 Å². The van der Waals surface area contributed by atoms with Crippen LogP contribution in [0, 0.1) is 6.92 Å². The molecule has 0 saturated heterocycles. The maximum absolute atomic E-state index is 5.83. The topological polar surface area (TPSA) is 77.8 Å². The standard InChI is InChI=1S/C10H14N4OS2/c1-3-4-16-5-7-12-10(15-13-7)8-6(2)14-17-9(8)11/h3-5,11H2,1-2H3. The Morgan fingerprint density at radius 3 is 2.94 bits per heavy atom. The van der Waals surface area contributed by atoms with Crippen LogP contribution in [0.25, 0.3) is 11.5 Å². The minimum absolute atomic E-state index is 0.473. The lowest BCUT2D eigenvalue weighted by Gasteiger charge is -1.93. The first-order chi connectivity index (χ1) is 8.22. The van der Waals surface area contributed by atoms with E-state index in [0.717, 1.165) is 29.2 Å². The highest BCUT2D eigenvalue weighted by Gasteiger charge is 2.17. The van der Waals surface area contributed by atoms with Gasteiger partial charge in [0, 0.05) is 0 Å². The van der Waals surface area contributed by atoms with Gasteiger partial charge < -0.3 is 10.3 Å². The Morgan fingerprint density at radius 1 is 1.47 bits per heavy atom. The SMILES string of the molecule is CCCSCc1noc(-c2c(C)nsc2N)n1. The predicted octanol–water partition coefficient (Wildman–Crippen LogP) is 2.73. The van der Waals surface area contributed by atoms with Crippen LogP contribution < -0.4 is 5.73 Å². The summed E-state index contributed by atoms with van der Waals surface area (Å²) in [5.74, 6) is 3.06. The van der Waals surface area contributed by atoms with Gasteiger partial charge in [0.25, 0.3) is 5.89 Å². The van der Waals surface area contributed by atoms with Crippen LogP contribution in [0.4, 0.5) is 5.00 Å². The molecule has 0 saturated carbocycles. The van der Waals surface area contributed by atoms with Gasteiger partial charge in [0.1, 0.15) is 5.00 Å². The highest BCUT2D eigenvalue weighted by atomic mass is 32.2. The lowest BCUT2D eigenvalue weighted by Crippen LogP contribution is -1.88. The van der Waals surface area contributed by atoms with Crippen LogP contribution in [-0.2, 0) is 5.75 Å². The van der Waals surface area contributed by atoms with Crippen LogP contribution in [0.5, 0.6) is 0 Å². The van der Waals surface area contributed by atoms with Gasteiger partial charge >= 0.3 is 0 Å². The first-order valence-corrected chi connectivity index (χ1v) is 7.27. The number of thioether (sulfide) groups is 1. The highest BCUT2D eigenvalue weighted by Crippen LogP contribution is 2.31. The summed E-state index contributed by atoms with van der Waals surface area (Å²) in [4.78, 5) is 4.33. The number of nitrogens with two attached hydrogens (primary N) is 1. The molecule has 17 heavy (non-hydrogen) atoms. The first kappa shape index (κ1) is 12.4. The van der Waals surface area contributed by atoms with Crippen molar-refractivity contribution in [3.63, 3.8) is 0 Å². The maximum Gasteiger partial charge on any atom is 0.262 e. The van der Waals surface area contributed by atoms with Crippen LogP contribution >= 0.6 is 23.3 Å². The van der Waals surface area contributed by atoms with Gasteiger partial charge in [-0.15, -0.1) is 0 Å². The molecule has 0 aliphatic rings. The molecule has 0 spiro atoms. The van der Waals surface area contributed by atoms with Crippen LogP contribution in [-0.4, -0.2) is 20.3 Å². The predicted molar refractivity (Wildman–Crippen MR) is 71.0 cm³/mol. The van der Waals surface area contributed by atoms with E-state index in [4.69, 9.17) is 10.3 Å². The van der Waals surface area contributed by atoms with Gasteiger partial charge in [-0.2, -0.15) is 21.1 Å². The fraction of sp³-hybridized carbons (Fsp3) is 0.500. The van der Waals surface area contributed by atoms with E-state index in [1.54, 1.807) is 11.8 Å². The number of nitrogens with zero attached hydrogens (tertiary/aromatic N) is 3. The monoisotopic (exact) mass is 270 g/mol. The Bertz CT molecular complexity index is 475. The number of aromatic nitrogens is 3. The van der Waals surface area contributed by atoms with Gasteiger partial charge in [0.15, 0.2) is 5.82 Å². The third kappa shape index (κ3) is 2.78. The van der Waals surface area contributed by atoms with Crippen molar-refractivity contribution >= 4 is 28.3 Å². The second-order valence-corrected chi connectivity index (χ2v) is 5.49. The lowest BCUT2D eigenvalue weighted by atomic mass is 10.2. The largest absolute Gasteiger partial charge is 0.389 e. The van der Waals surface area contributed by atoms with E-state index in [1.165, 1.54) is 11.5 Å². The van der Waals surface area contributed by atoms with Crippen LogP contribution in [0.3, 0.4) is 0 Å². The zero-order valence-corrected chi connectivity index (χ0v) is 11.4. The van der Waals surface area contributed by atoms with Gasteiger partial charge in [-0.05, 0) is 30.6 Å². The van der Waals surface area contributed by atoms with Crippen molar-refractivity contribution in [1.29, 1.82) is 0 Å². The normalized spacial score (nSPS) is 10.9. The van der Waals surface area contributed by atoms with Crippen molar-refractivity contribution < 1.29 is 4.52 Å². The molecule has 2 N–H and O–H groups in total. The molecule has 92 valence electrons. The molecule has 0 aliphatic heterocycles. The van der Waals surface area contributed by atoms with Crippen LogP contribution in [0.2, 0.25) is 0 Å². The van der Waals surface area contributed by atoms with Gasteiger partial charge in [-0.1, -0.05) is 12.1 Å². The Balaban J connectivity index is 2.13. The van der Waals surface area contributed by atoms with Gasteiger partial charge in [-0.3, -0.25) is 0 Å². The van der Waals surface area contributed by atoms with Gasteiger partial charge in [0.05, 0.1) is 17.0 Å². The van der Waals surface area contributed by atoms with E-state index in [2.05, 4.69) is 21.4 Å². The molecule has 5 nitrogen and oxygen atoms in total. The summed E-state index contributed by atoms with van der Waals surface area (Å²) in [6, 6.07) is 0. The minimum Gasteiger partial charge on any atom is -0.389 e. The average molecular weight is 270 g/mol. The molecule has 2 rings (SSSR count). The molecule has 0 bridgehead atoms. The molecule has 7 heteroatoms. The molecule has 0 radical (unpaired) electrons. The summed E-state index contributed by atoms with van der Waals surface area (Å²) in [7, 11) is 0. The van der Waals surface area contributed by atoms with Crippen molar-refractivity contribution in [3.8, 4) is 11.5 Å². The third-order valence-corrected chi connectivity index (χ3v) is 4.08. The Kier molecular flexibility index (Phi) is 4.01. The minimum atomic E-state index is 0.473. The van der Waals surface area contributed by atoms with Crippen LogP contribution in [0.15, 0.2) is 4.52 Å². The van der Waals surface area contributed by atoms with E-state index in [-0.39, 0.29) is 0 Å². The number of hydrogen-bond donors (Lipinski definition) is 1. The lowest BCUT2D eigenvalue weighted by molar-refractivity contribution is 0.425. The zero-order valence-electron chi connectivity index (χ0n) is 9.77. The summed E-state index contributed by atoms with van der Waals surface area (Å²) in [5, 5.41) is 4.56. The Labute approximate surface area is 108 Å². The molecule has 2 aromatic rings. The van der Waals surface area contributed by atoms with Crippen molar-refractivity contribution in [2.24, 2.45) is 0 Å². The highest BCUT2D eigenvalue weighted by molar-refractivity contribution is 7.98. The number of hydrogen-bond acceptors (Lipinski definition) is 7. The summed E-state index contributed by atoms with van der Waals surface area (Å²) in [6.07, 6.45) is 1.15. The van der Waals surface area contributed by atoms with E-state index in [0.29, 0.717) is 16.7 Å². The summed E-state index contributed by atoms with van der Waals surface area (Å²) in [6.45, 7) is 4.04. The van der Waals surface area contributed by atoms with Crippen molar-refractivity contribution in [2.45, 2.75) is 26.0 Å². The van der Waals surface area contributed by atoms with E-state index in [9.17, 15) is 0 Å². The molecule has 0 atom stereocenters. The quantitative estimate of drug-likeness (QED) is 0.842. The zero-order chi connectivity index (χ0) is 12.3. The van der Waals surface area contributed by atoms with Crippen molar-refractivity contribution in [1.82, 2.24) is 14.5 Å². The second-order valence-electron chi connectivity index (χ2n) is 3.58. The molecule has 0 fully saturated rings. The molecular weight excluding hydrogens is 256 g/mol. The van der Waals surface area contributed by atoms with Gasteiger partial charge in [0.2, 0.25) is 0 Å². The summed E-state index contributed by atoms with van der Waals surface area (Å²) < 4.78 is 9.37. The first-order valence-electron chi connectivity index (χ1n) is 5.34. The fourth-order valence-electron chi connectivity index (χ4n) is 1.37. The molecule has 0 unspecified atom stereocenters. The van der Waals surface area contributed by atoms with E-state index in [1.807, 2.05) is 6.92 Å². The average Bonchev–Trinajstić information content (AvgIpc) is 2.87. The third-order valence-electron chi connectivity index (χ3n) is 2.15. The summed E-state index contributed by atoms with van der Waals surface area (Å²) in [5.41, 5.74) is 7.44. The second kappa shape index (κ2) is 5.50. The molecular formula is C10H14N4OS2. The fourth-order valence-corrected chi connectivity index (χ4v) is 2.76. The molecule has 0 aromatic carbocycles. The molecule has 0 aliphatic carbocycles. The van der Waals surface area contributed by atoms with Crippen molar-refractivity contribution in [2.75, 3.05) is 11.5 Å². The Morgan fingerprint density at radius 2 is 2.29 bits per heavy atom. The number of nitrogen functional groups attached to an aromatic ring is 1. The molecule has 0 amide bonds. The molecule has 2 aromatic heterocycles. The van der Waals surface area contributed by atoms with Crippen LogP contribution in [0.1, 0.15) is 24.9 Å². The number of anilines is 1. The number of rotatable bonds is 5. The van der Waals surface area contributed by atoms with E-state index >= 15 is 0 Å². The Hall–Kier alpha value is -1.08. The number of aryl methyl sites for hydroxylation is 1. The molecule has 2 heterocycles. The summed E-state index contributed by atoms with van der Waals surface area (Å²) >= 11 is 3.05. The smallest absolute Gasteiger partial charge is 0.262 e.